The molecule has 0 fully saturated rings. The van der Waals surface area contributed by atoms with Gasteiger partial charge in [-0.25, -0.2) is 0 Å². The Labute approximate surface area is 126 Å². The van der Waals surface area contributed by atoms with Crippen molar-refractivity contribution < 1.29 is 10.0 Å². The number of nitrogens with zero attached hydrogens (tertiary/aromatic N) is 1. The number of rotatable bonds is 4. The third-order valence-corrected chi connectivity index (χ3v) is 2.98. The maximum atomic E-state index is 10.6. The van der Waals surface area contributed by atoms with E-state index in [1.807, 2.05) is 12.1 Å². The molecule has 6 nitrogen and oxygen atoms in total. The number of benzene rings is 2. The summed E-state index contributed by atoms with van der Waals surface area (Å²) in [6.07, 6.45) is 0. The van der Waals surface area contributed by atoms with Crippen LogP contribution in [0.4, 0.5) is 17.1 Å². The molecule has 7 heteroatoms. The number of nitrogens with one attached hydrogen (secondary N) is 2. The first-order valence-corrected chi connectivity index (χ1v) is 6.52. The predicted octanol–water partition coefficient (Wildman–Crippen LogP) is 2.90. The number of para-hydroxylation sites is 1. The predicted molar refractivity (Wildman–Crippen MR) is 85.3 cm³/mol. The molecule has 0 saturated carbocycles. The fourth-order valence-corrected chi connectivity index (χ4v) is 1.96. The van der Waals surface area contributed by atoms with Gasteiger partial charge >= 0.3 is 0 Å². The quantitative estimate of drug-likeness (QED) is 0.457. The van der Waals surface area contributed by atoms with Gasteiger partial charge in [-0.1, -0.05) is 18.2 Å². The normalized spacial score (nSPS) is 9.95. The van der Waals surface area contributed by atoms with Gasteiger partial charge in [0.1, 0.15) is 0 Å². The number of anilines is 2. The molecule has 0 aliphatic rings. The second kappa shape index (κ2) is 6.78. The zero-order valence-corrected chi connectivity index (χ0v) is 11.8. The number of aliphatic hydroxyl groups excluding tert-OH is 1. The van der Waals surface area contributed by atoms with Crippen LogP contribution in [0.15, 0.2) is 48.5 Å². The average molecular weight is 303 g/mol. The summed E-state index contributed by atoms with van der Waals surface area (Å²) in [6, 6.07) is 13.2. The van der Waals surface area contributed by atoms with E-state index in [0.717, 1.165) is 5.56 Å². The highest BCUT2D eigenvalue weighted by molar-refractivity contribution is 7.80. The smallest absolute Gasteiger partial charge is 0.269 e. The van der Waals surface area contributed by atoms with E-state index in [4.69, 9.17) is 12.2 Å². The Kier molecular flexibility index (Phi) is 4.81. The highest BCUT2D eigenvalue weighted by atomic mass is 32.1. The van der Waals surface area contributed by atoms with Crippen LogP contribution in [0.2, 0.25) is 0 Å². The Morgan fingerprint density at radius 2 is 1.81 bits per heavy atom. The molecule has 108 valence electrons. The summed E-state index contributed by atoms with van der Waals surface area (Å²) in [5.74, 6) is 0. The van der Waals surface area contributed by atoms with Crippen LogP contribution >= 0.6 is 12.2 Å². The van der Waals surface area contributed by atoms with Crippen LogP contribution in [-0.4, -0.2) is 15.1 Å². The lowest BCUT2D eigenvalue weighted by Gasteiger charge is -2.13. The van der Waals surface area contributed by atoms with Crippen molar-refractivity contribution in [2.75, 3.05) is 10.6 Å². The zero-order chi connectivity index (χ0) is 15.2. The van der Waals surface area contributed by atoms with Crippen molar-refractivity contribution in [1.82, 2.24) is 0 Å². The van der Waals surface area contributed by atoms with Gasteiger partial charge in [-0.3, -0.25) is 10.1 Å². The molecule has 0 saturated heterocycles. The lowest BCUT2D eigenvalue weighted by molar-refractivity contribution is -0.384. The molecule has 0 amide bonds. The van der Waals surface area contributed by atoms with Crippen LogP contribution in [0.1, 0.15) is 5.56 Å². The molecule has 0 heterocycles. The SMILES string of the molecule is O=[N+]([O-])c1ccc(NC(=S)Nc2ccccc2CO)cc1. The van der Waals surface area contributed by atoms with Gasteiger partial charge in [-0.15, -0.1) is 0 Å². The lowest BCUT2D eigenvalue weighted by atomic mass is 10.2. The van der Waals surface area contributed by atoms with Crippen LogP contribution < -0.4 is 10.6 Å². The lowest BCUT2D eigenvalue weighted by Crippen LogP contribution is -2.19. The van der Waals surface area contributed by atoms with Crippen LogP contribution in [0.25, 0.3) is 0 Å². The highest BCUT2D eigenvalue weighted by Crippen LogP contribution is 2.17. The highest BCUT2D eigenvalue weighted by Gasteiger charge is 2.06. The van der Waals surface area contributed by atoms with Crippen molar-refractivity contribution in [2.45, 2.75) is 6.61 Å². The number of nitro groups is 1. The Bertz CT molecular complexity index is 659. The number of hydrogen-bond donors (Lipinski definition) is 3. The summed E-state index contributed by atoms with van der Waals surface area (Å²) >= 11 is 5.17. The van der Waals surface area contributed by atoms with Gasteiger partial charge in [-0.05, 0) is 30.4 Å². The fraction of sp³-hybridized carbons (Fsp3) is 0.0714. The van der Waals surface area contributed by atoms with E-state index in [1.165, 1.54) is 12.1 Å². The topological polar surface area (TPSA) is 87.4 Å². The third kappa shape index (κ3) is 3.98. The summed E-state index contributed by atoms with van der Waals surface area (Å²) < 4.78 is 0. The zero-order valence-electron chi connectivity index (χ0n) is 10.9. The van der Waals surface area contributed by atoms with Gasteiger partial charge in [-0.2, -0.15) is 0 Å². The van der Waals surface area contributed by atoms with Gasteiger partial charge < -0.3 is 15.7 Å². The Morgan fingerprint density at radius 1 is 1.14 bits per heavy atom. The van der Waals surface area contributed by atoms with Gasteiger partial charge in [0, 0.05) is 29.1 Å². The first-order chi connectivity index (χ1) is 10.1. The Hall–Kier alpha value is -2.51. The summed E-state index contributed by atoms with van der Waals surface area (Å²) in [6.45, 7) is -0.0939. The molecule has 21 heavy (non-hydrogen) atoms. The molecule has 0 unspecified atom stereocenters. The van der Waals surface area contributed by atoms with E-state index in [9.17, 15) is 15.2 Å². The maximum Gasteiger partial charge on any atom is 0.269 e. The van der Waals surface area contributed by atoms with Crippen molar-refractivity contribution >= 4 is 34.4 Å². The Morgan fingerprint density at radius 3 is 2.43 bits per heavy atom. The largest absolute Gasteiger partial charge is 0.392 e. The molecule has 0 spiro atoms. The van der Waals surface area contributed by atoms with E-state index < -0.39 is 4.92 Å². The molecule has 0 radical (unpaired) electrons. The molecule has 0 aliphatic carbocycles. The molecule has 0 aliphatic heterocycles. The molecule has 2 aromatic carbocycles. The Balaban J connectivity index is 2.03. The van der Waals surface area contributed by atoms with Gasteiger partial charge in [0.2, 0.25) is 0 Å². The molecular formula is C14H13N3O3S. The van der Waals surface area contributed by atoms with Gasteiger partial charge in [0.05, 0.1) is 11.5 Å². The van der Waals surface area contributed by atoms with Crippen LogP contribution in [-0.2, 0) is 6.61 Å². The number of aliphatic hydroxyl groups is 1. The van der Waals surface area contributed by atoms with Crippen molar-refractivity contribution in [3.05, 3.63) is 64.2 Å². The standard InChI is InChI=1S/C14H13N3O3S/c18-9-10-3-1-2-4-13(10)16-14(21)15-11-5-7-12(8-6-11)17(19)20/h1-8,18H,9H2,(H2,15,16,21). The first kappa shape index (κ1) is 14.9. The van der Waals surface area contributed by atoms with E-state index in [0.29, 0.717) is 16.5 Å². The van der Waals surface area contributed by atoms with Crippen molar-refractivity contribution in [2.24, 2.45) is 0 Å². The maximum absolute atomic E-state index is 10.6. The van der Waals surface area contributed by atoms with E-state index >= 15 is 0 Å². The number of nitro benzene ring substituents is 1. The van der Waals surface area contributed by atoms with Crippen LogP contribution in [0.3, 0.4) is 0 Å². The molecule has 3 N–H and O–H groups in total. The van der Waals surface area contributed by atoms with Gasteiger partial charge in [0.25, 0.3) is 5.69 Å². The van der Waals surface area contributed by atoms with Crippen molar-refractivity contribution in [3.63, 3.8) is 0 Å². The molecule has 2 aromatic rings. The number of non-ortho nitro benzene ring substituents is 1. The molecule has 2 rings (SSSR count). The molecule has 0 atom stereocenters. The van der Waals surface area contributed by atoms with Crippen molar-refractivity contribution in [3.8, 4) is 0 Å². The summed E-state index contributed by atoms with van der Waals surface area (Å²) in [5, 5.41) is 26.0. The van der Waals surface area contributed by atoms with Crippen LogP contribution in [0, 0.1) is 10.1 Å². The minimum Gasteiger partial charge on any atom is -0.392 e. The summed E-state index contributed by atoms with van der Waals surface area (Å²) in [7, 11) is 0. The molecular weight excluding hydrogens is 290 g/mol. The summed E-state index contributed by atoms with van der Waals surface area (Å²) in [5.41, 5.74) is 2.09. The second-order valence-electron chi connectivity index (χ2n) is 4.20. The van der Waals surface area contributed by atoms with Crippen LogP contribution in [0.5, 0.6) is 0 Å². The monoisotopic (exact) mass is 303 g/mol. The number of hydrogen-bond acceptors (Lipinski definition) is 4. The number of thiocarbonyl (C=S) groups is 1. The van der Waals surface area contributed by atoms with E-state index in [-0.39, 0.29) is 12.3 Å². The van der Waals surface area contributed by atoms with Crippen molar-refractivity contribution in [1.29, 1.82) is 0 Å². The van der Waals surface area contributed by atoms with Gasteiger partial charge in [0.15, 0.2) is 5.11 Å². The fourth-order valence-electron chi connectivity index (χ4n) is 1.73. The van der Waals surface area contributed by atoms with E-state index in [2.05, 4.69) is 10.6 Å². The summed E-state index contributed by atoms with van der Waals surface area (Å²) in [4.78, 5) is 10.1. The molecule has 0 bridgehead atoms. The first-order valence-electron chi connectivity index (χ1n) is 6.11. The minimum atomic E-state index is -0.460. The second-order valence-corrected chi connectivity index (χ2v) is 4.61. The minimum absolute atomic E-state index is 0.0186. The molecule has 0 aromatic heterocycles. The third-order valence-electron chi connectivity index (χ3n) is 2.77. The van der Waals surface area contributed by atoms with E-state index in [1.54, 1.807) is 24.3 Å². The average Bonchev–Trinajstić information content (AvgIpc) is 2.48.